The molecule has 0 aromatic rings. The molecule has 1 unspecified atom stereocenters. The van der Waals surface area contributed by atoms with Crippen molar-refractivity contribution >= 4 is 0 Å². The van der Waals surface area contributed by atoms with Crippen LogP contribution in [-0.2, 0) is 9.47 Å². The van der Waals surface area contributed by atoms with E-state index in [4.69, 9.17) is 9.47 Å². The molecule has 0 spiro atoms. The van der Waals surface area contributed by atoms with Gasteiger partial charge in [-0.1, -0.05) is 138 Å². The summed E-state index contributed by atoms with van der Waals surface area (Å²) in [6, 6.07) is 0. The lowest BCUT2D eigenvalue weighted by Gasteiger charge is -2.42. The Kier molecular flexibility index (Phi) is 18.8. The first-order valence-electron chi connectivity index (χ1n) is 18.9. The second-order valence-corrected chi connectivity index (χ2v) is 16.1. The van der Waals surface area contributed by atoms with Gasteiger partial charge in [-0.15, -0.1) is 0 Å². The molecule has 0 bridgehead atoms. The van der Waals surface area contributed by atoms with E-state index in [2.05, 4.69) is 96.2 Å². The van der Waals surface area contributed by atoms with Gasteiger partial charge in [-0.3, -0.25) is 0 Å². The first-order valence-corrected chi connectivity index (χ1v) is 18.9. The molecule has 1 saturated heterocycles. The maximum Gasteiger partial charge on any atom is 0.186 e. The standard InChI is InChI=1S/C46H68O7/c1-31(17-12-13-18-32(2)20-15-23-34(4)25-27-39-36(6)29-38(47)30-45(39,8)9)19-14-21-33(3)22-16-24-35(5)26-28-40(46(10,11)51)53-44-43(50)42(49)41(48)37(7)52-44/h12-25,27,37-38,40-44,47-51H,26,28-30H2,1-11H3/b13-12+,19-14+,20-15+,22-16+,27-25+,31-17+,32-18+,33-21+,34-23+,35-24+/t37-,38+,40-,41+,42+,43-,44?/m0/s1. The molecule has 1 heterocycles. The van der Waals surface area contributed by atoms with E-state index in [1.165, 1.54) is 16.7 Å². The topological polar surface area (TPSA) is 120 Å². The van der Waals surface area contributed by atoms with Gasteiger partial charge in [-0.25, -0.2) is 0 Å². The largest absolute Gasteiger partial charge is 0.393 e. The SMILES string of the molecule is CC1=C(/C=C/C(C)=C/C=C/C(C)=C/C=C/C=C(C)/C=C/C=C(C)/C=C/C=C(\C)CC[C@H](OC2O[C@@H](C)[C@@H](O)[C@@H](O)[C@@H]2O)C(C)(C)O)C(C)(C)C[C@H](O)C1. The fraction of sp³-hybridized carbons (Fsp3) is 0.522. The molecule has 2 aliphatic rings. The molecule has 53 heavy (non-hydrogen) atoms. The third-order valence-corrected chi connectivity index (χ3v) is 9.69. The molecule has 0 aromatic heterocycles. The van der Waals surface area contributed by atoms with Crippen LogP contribution in [0.25, 0.3) is 0 Å². The Bertz CT molecular complexity index is 1530. The quantitative estimate of drug-likeness (QED) is 0.101. The summed E-state index contributed by atoms with van der Waals surface area (Å²) < 4.78 is 11.5. The summed E-state index contributed by atoms with van der Waals surface area (Å²) in [7, 11) is 0. The maximum absolute atomic E-state index is 10.7. The van der Waals surface area contributed by atoms with E-state index in [0.29, 0.717) is 12.8 Å². The maximum atomic E-state index is 10.7. The lowest BCUT2D eigenvalue weighted by atomic mass is 9.71. The Morgan fingerprint density at radius 3 is 1.77 bits per heavy atom. The van der Waals surface area contributed by atoms with Crippen LogP contribution in [0.3, 0.4) is 0 Å². The van der Waals surface area contributed by atoms with Crippen LogP contribution in [0.1, 0.15) is 102 Å². The third kappa shape index (κ3) is 16.4. The molecular weight excluding hydrogens is 664 g/mol. The molecule has 0 saturated carbocycles. The molecule has 0 aromatic carbocycles. The van der Waals surface area contributed by atoms with Gasteiger partial charge >= 0.3 is 0 Å². The Balaban J connectivity index is 1.86. The molecule has 1 aliphatic carbocycles. The van der Waals surface area contributed by atoms with Crippen molar-refractivity contribution in [1.82, 2.24) is 0 Å². The Morgan fingerprint density at radius 1 is 0.774 bits per heavy atom. The average molecular weight is 733 g/mol. The first-order chi connectivity index (χ1) is 24.7. The van der Waals surface area contributed by atoms with E-state index < -0.39 is 42.4 Å². The number of hydrogen-bond donors (Lipinski definition) is 5. The van der Waals surface area contributed by atoms with E-state index in [1.54, 1.807) is 20.8 Å². The highest BCUT2D eigenvalue weighted by Crippen LogP contribution is 2.41. The molecule has 1 aliphatic heterocycles. The molecule has 294 valence electrons. The number of ether oxygens (including phenoxy) is 2. The minimum absolute atomic E-state index is 0.0168. The van der Waals surface area contributed by atoms with Crippen molar-refractivity contribution in [2.24, 2.45) is 5.41 Å². The number of hydrogen-bond acceptors (Lipinski definition) is 7. The van der Waals surface area contributed by atoms with Gasteiger partial charge in [0, 0.05) is 0 Å². The predicted molar refractivity (Wildman–Crippen MR) is 219 cm³/mol. The average Bonchev–Trinajstić information content (AvgIpc) is 3.04. The van der Waals surface area contributed by atoms with Crippen LogP contribution in [0.5, 0.6) is 0 Å². The van der Waals surface area contributed by atoms with Crippen LogP contribution in [0.4, 0.5) is 0 Å². The van der Waals surface area contributed by atoms with Crippen molar-refractivity contribution in [3.05, 3.63) is 130 Å². The zero-order chi connectivity index (χ0) is 39.9. The minimum atomic E-state index is -1.42. The highest BCUT2D eigenvalue weighted by Gasteiger charge is 2.44. The number of rotatable bonds is 16. The van der Waals surface area contributed by atoms with Gasteiger partial charge in [0.2, 0.25) is 0 Å². The summed E-state index contributed by atoms with van der Waals surface area (Å²) in [6.45, 7) is 21.7. The smallest absolute Gasteiger partial charge is 0.186 e. The van der Waals surface area contributed by atoms with E-state index >= 15 is 0 Å². The van der Waals surface area contributed by atoms with Crippen LogP contribution in [0.15, 0.2) is 130 Å². The Hall–Kier alpha value is -3.14. The van der Waals surface area contributed by atoms with Crippen LogP contribution in [-0.4, -0.2) is 74.0 Å². The second kappa shape index (κ2) is 21.7. The van der Waals surface area contributed by atoms with Crippen LogP contribution in [0.2, 0.25) is 0 Å². The van der Waals surface area contributed by atoms with E-state index in [-0.39, 0.29) is 11.5 Å². The van der Waals surface area contributed by atoms with E-state index in [9.17, 15) is 25.5 Å². The molecule has 7 heteroatoms. The van der Waals surface area contributed by atoms with Gasteiger partial charge < -0.3 is 35.0 Å². The van der Waals surface area contributed by atoms with Gasteiger partial charge in [-0.05, 0) is 99.0 Å². The number of aliphatic hydroxyl groups is 5. The van der Waals surface area contributed by atoms with Crippen molar-refractivity contribution in [3.63, 3.8) is 0 Å². The van der Waals surface area contributed by atoms with E-state index in [1.807, 2.05) is 50.3 Å². The third-order valence-electron chi connectivity index (χ3n) is 9.69. The van der Waals surface area contributed by atoms with Gasteiger partial charge in [0.05, 0.1) is 23.9 Å². The summed E-state index contributed by atoms with van der Waals surface area (Å²) in [4.78, 5) is 0. The lowest BCUT2D eigenvalue weighted by Crippen LogP contribution is -2.59. The number of allylic oxidation sites excluding steroid dienone is 21. The molecule has 1 fully saturated rings. The summed E-state index contributed by atoms with van der Waals surface area (Å²) in [5, 5.41) is 51.3. The fourth-order valence-corrected chi connectivity index (χ4v) is 6.42. The Labute approximate surface area is 320 Å². The predicted octanol–water partition coefficient (Wildman–Crippen LogP) is 8.76. The van der Waals surface area contributed by atoms with Gasteiger partial charge in [0.25, 0.3) is 0 Å². The van der Waals surface area contributed by atoms with Crippen molar-refractivity contribution in [2.45, 2.75) is 150 Å². The second-order valence-electron chi connectivity index (χ2n) is 16.1. The first kappa shape index (κ1) is 46.0. The van der Waals surface area contributed by atoms with Crippen molar-refractivity contribution in [3.8, 4) is 0 Å². The summed E-state index contributed by atoms with van der Waals surface area (Å²) >= 11 is 0. The zero-order valence-corrected chi connectivity index (χ0v) is 34.1. The summed E-state index contributed by atoms with van der Waals surface area (Å²) in [5.41, 5.74) is 7.03. The normalized spacial score (nSPS) is 28.2. The number of aliphatic hydroxyl groups excluding tert-OH is 4. The molecule has 7 nitrogen and oxygen atoms in total. The molecule has 0 radical (unpaired) electrons. The minimum Gasteiger partial charge on any atom is -0.393 e. The van der Waals surface area contributed by atoms with Crippen LogP contribution >= 0.6 is 0 Å². The summed E-state index contributed by atoms with van der Waals surface area (Å²) in [6.07, 6.45) is 27.0. The lowest BCUT2D eigenvalue weighted by molar-refractivity contribution is -0.315. The van der Waals surface area contributed by atoms with Crippen molar-refractivity contribution in [2.75, 3.05) is 0 Å². The van der Waals surface area contributed by atoms with E-state index in [0.717, 1.165) is 35.1 Å². The van der Waals surface area contributed by atoms with Crippen molar-refractivity contribution in [1.29, 1.82) is 0 Å². The molecule has 7 atom stereocenters. The van der Waals surface area contributed by atoms with Crippen molar-refractivity contribution < 1.29 is 35.0 Å². The van der Waals surface area contributed by atoms with Gasteiger partial charge in [-0.2, -0.15) is 0 Å². The van der Waals surface area contributed by atoms with Gasteiger partial charge in [0.1, 0.15) is 18.3 Å². The molecular formula is C46H68O7. The zero-order valence-electron chi connectivity index (χ0n) is 34.1. The molecule has 2 rings (SSSR count). The Morgan fingerprint density at radius 2 is 1.26 bits per heavy atom. The van der Waals surface area contributed by atoms with Crippen LogP contribution < -0.4 is 0 Å². The summed E-state index contributed by atoms with van der Waals surface area (Å²) in [5.74, 6) is 0. The fourth-order valence-electron chi connectivity index (χ4n) is 6.42. The van der Waals surface area contributed by atoms with Crippen LogP contribution in [0, 0.1) is 5.41 Å². The molecule has 5 N–H and O–H groups in total. The molecule has 0 amide bonds. The highest BCUT2D eigenvalue weighted by molar-refractivity contribution is 5.38. The monoisotopic (exact) mass is 732 g/mol. The van der Waals surface area contributed by atoms with Gasteiger partial charge in [0.15, 0.2) is 6.29 Å². The highest BCUT2D eigenvalue weighted by atomic mass is 16.7.